The zero-order chi connectivity index (χ0) is 15.1. The van der Waals surface area contributed by atoms with Gasteiger partial charge in [0.15, 0.2) is 0 Å². The van der Waals surface area contributed by atoms with Gasteiger partial charge in [0.05, 0.1) is 12.1 Å². The summed E-state index contributed by atoms with van der Waals surface area (Å²) in [5.74, 6) is 0.842. The Kier molecular flexibility index (Phi) is 5.75. The Bertz CT molecular complexity index is 569. The third-order valence-electron chi connectivity index (χ3n) is 3.07. The Labute approximate surface area is 129 Å². The molecule has 0 radical (unpaired) electrons. The first-order valence-corrected chi connectivity index (χ1v) is 7.96. The molecule has 112 valence electrons. The highest BCUT2D eigenvalue weighted by molar-refractivity contribution is 7.09. The lowest BCUT2D eigenvalue weighted by Crippen LogP contribution is -2.33. The minimum atomic E-state index is 0.0187. The van der Waals surface area contributed by atoms with Crippen molar-refractivity contribution in [2.75, 3.05) is 0 Å². The van der Waals surface area contributed by atoms with E-state index < -0.39 is 0 Å². The van der Waals surface area contributed by atoms with Crippen LogP contribution in [0.3, 0.4) is 0 Å². The molecule has 0 aliphatic carbocycles. The molecule has 21 heavy (non-hydrogen) atoms. The predicted molar refractivity (Wildman–Crippen MR) is 84.5 cm³/mol. The summed E-state index contributed by atoms with van der Waals surface area (Å²) in [5.41, 5.74) is 0.799. The summed E-state index contributed by atoms with van der Waals surface area (Å²) in [4.78, 5) is 16.2. The molecule has 1 N–H and O–H groups in total. The average molecular weight is 304 g/mol. The van der Waals surface area contributed by atoms with E-state index in [0.717, 1.165) is 22.9 Å². The molecular weight excluding hydrogens is 284 g/mol. The molecule has 4 nitrogen and oxygen atoms in total. The Morgan fingerprint density at radius 1 is 1.38 bits per heavy atom. The van der Waals surface area contributed by atoms with Crippen LogP contribution in [-0.2, 0) is 17.8 Å². The van der Waals surface area contributed by atoms with Gasteiger partial charge in [-0.05, 0) is 25.5 Å². The number of benzene rings is 1. The standard InChI is InChI=1S/C16H20N2O2S/c1-3-12(2)17-15(19)9-13-11-21-16(18-13)10-20-14-7-5-4-6-8-14/h4-8,11-12H,3,9-10H2,1-2H3,(H,17,19). The number of amides is 1. The van der Waals surface area contributed by atoms with E-state index in [4.69, 9.17) is 4.74 Å². The van der Waals surface area contributed by atoms with Crippen molar-refractivity contribution in [3.63, 3.8) is 0 Å². The van der Waals surface area contributed by atoms with E-state index in [1.807, 2.05) is 49.6 Å². The van der Waals surface area contributed by atoms with Gasteiger partial charge in [0.1, 0.15) is 17.4 Å². The van der Waals surface area contributed by atoms with Gasteiger partial charge in [-0.25, -0.2) is 4.98 Å². The summed E-state index contributed by atoms with van der Waals surface area (Å²) >= 11 is 1.52. The first-order chi connectivity index (χ1) is 10.2. The number of thiazole rings is 1. The van der Waals surface area contributed by atoms with Gasteiger partial charge in [-0.2, -0.15) is 0 Å². The van der Waals surface area contributed by atoms with Crippen LogP contribution in [0.15, 0.2) is 35.7 Å². The molecule has 0 spiro atoms. The smallest absolute Gasteiger partial charge is 0.226 e. The number of ether oxygens (including phenoxy) is 1. The quantitative estimate of drug-likeness (QED) is 0.854. The molecule has 5 heteroatoms. The topological polar surface area (TPSA) is 51.2 Å². The SMILES string of the molecule is CCC(C)NC(=O)Cc1csc(COc2ccccc2)n1. The summed E-state index contributed by atoms with van der Waals surface area (Å²) in [7, 11) is 0. The van der Waals surface area contributed by atoms with Crippen LogP contribution in [0.1, 0.15) is 31.0 Å². The molecule has 0 bridgehead atoms. The van der Waals surface area contributed by atoms with Crippen LogP contribution in [0.25, 0.3) is 0 Å². The van der Waals surface area contributed by atoms with Crippen molar-refractivity contribution < 1.29 is 9.53 Å². The Morgan fingerprint density at radius 3 is 2.86 bits per heavy atom. The van der Waals surface area contributed by atoms with Crippen molar-refractivity contribution in [2.45, 2.75) is 39.3 Å². The lowest BCUT2D eigenvalue weighted by molar-refractivity contribution is -0.121. The number of rotatable bonds is 7. The van der Waals surface area contributed by atoms with Crippen LogP contribution in [0, 0.1) is 0 Å². The fourth-order valence-electron chi connectivity index (χ4n) is 1.75. The van der Waals surface area contributed by atoms with Crippen molar-refractivity contribution in [3.8, 4) is 5.75 Å². The zero-order valence-corrected chi connectivity index (χ0v) is 13.2. The Hall–Kier alpha value is -1.88. The van der Waals surface area contributed by atoms with E-state index in [-0.39, 0.29) is 11.9 Å². The van der Waals surface area contributed by atoms with E-state index in [1.165, 1.54) is 11.3 Å². The highest BCUT2D eigenvalue weighted by atomic mass is 32.1. The second kappa shape index (κ2) is 7.78. The van der Waals surface area contributed by atoms with Crippen LogP contribution in [-0.4, -0.2) is 16.9 Å². The minimum Gasteiger partial charge on any atom is -0.486 e. The predicted octanol–water partition coefficient (Wildman–Crippen LogP) is 3.18. The molecule has 1 unspecified atom stereocenters. The van der Waals surface area contributed by atoms with Crippen molar-refractivity contribution in [2.24, 2.45) is 0 Å². The van der Waals surface area contributed by atoms with Gasteiger partial charge in [0.25, 0.3) is 0 Å². The first kappa shape index (κ1) is 15.5. The Balaban J connectivity index is 1.82. The largest absolute Gasteiger partial charge is 0.486 e. The fraction of sp³-hybridized carbons (Fsp3) is 0.375. The molecular formula is C16H20N2O2S. The normalized spacial score (nSPS) is 11.9. The lowest BCUT2D eigenvalue weighted by atomic mass is 10.2. The van der Waals surface area contributed by atoms with E-state index in [1.54, 1.807) is 0 Å². The van der Waals surface area contributed by atoms with Gasteiger partial charge >= 0.3 is 0 Å². The Morgan fingerprint density at radius 2 is 2.14 bits per heavy atom. The molecule has 0 aliphatic rings. The van der Waals surface area contributed by atoms with Crippen LogP contribution < -0.4 is 10.1 Å². The average Bonchev–Trinajstić information content (AvgIpc) is 2.93. The number of aromatic nitrogens is 1. The van der Waals surface area contributed by atoms with Gasteiger partial charge in [0, 0.05) is 11.4 Å². The number of carbonyl (C=O) groups is 1. The molecule has 1 aromatic heterocycles. The first-order valence-electron chi connectivity index (χ1n) is 7.08. The second-order valence-corrected chi connectivity index (χ2v) is 5.83. The fourth-order valence-corrected chi connectivity index (χ4v) is 2.46. The molecule has 1 atom stereocenters. The summed E-state index contributed by atoms with van der Waals surface area (Å²) in [6, 6.07) is 9.84. The van der Waals surface area contributed by atoms with E-state index in [0.29, 0.717) is 13.0 Å². The van der Waals surface area contributed by atoms with Crippen molar-refractivity contribution >= 4 is 17.2 Å². The summed E-state index contributed by atoms with van der Waals surface area (Å²) in [6.07, 6.45) is 1.26. The third kappa shape index (κ3) is 5.19. The van der Waals surface area contributed by atoms with Crippen molar-refractivity contribution in [1.29, 1.82) is 0 Å². The van der Waals surface area contributed by atoms with Crippen LogP contribution in [0.5, 0.6) is 5.75 Å². The van der Waals surface area contributed by atoms with Crippen LogP contribution in [0.2, 0.25) is 0 Å². The molecule has 1 amide bonds. The third-order valence-corrected chi connectivity index (χ3v) is 3.94. The minimum absolute atomic E-state index is 0.0187. The molecule has 1 heterocycles. The number of hydrogen-bond donors (Lipinski definition) is 1. The maximum Gasteiger partial charge on any atom is 0.226 e. The summed E-state index contributed by atoms with van der Waals surface area (Å²) in [5, 5.41) is 5.74. The van der Waals surface area contributed by atoms with E-state index in [2.05, 4.69) is 10.3 Å². The van der Waals surface area contributed by atoms with Crippen LogP contribution >= 0.6 is 11.3 Å². The van der Waals surface area contributed by atoms with Crippen molar-refractivity contribution in [1.82, 2.24) is 10.3 Å². The molecule has 0 aliphatic heterocycles. The van der Waals surface area contributed by atoms with E-state index in [9.17, 15) is 4.79 Å². The maximum atomic E-state index is 11.8. The monoisotopic (exact) mass is 304 g/mol. The maximum absolute atomic E-state index is 11.8. The number of nitrogens with one attached hydrogen (secondary N) is 1. The highest BCUT2D eigenvalue weighted by Crippen LogP contribution is 2.15. The lowest BCUT2D eigenvalue weighted by Gasteiger charge is -2.10. The van der Waals surface area contributed by atoms with Gasteiger partial charge in [-0.1, -0.05) is 25.1 Å². The van der Waals surface area contributed by atoms with Gasteiger partial charge < -0.3 is 10.1 Å². The highest BCUT2D eigenvalue weighted by Gasteiger charge is 2.10. The van der Waals surface area contributed by atoms with Gasteiger partial charge in [-0.15, -0.1) is 11.3 Å². The number of para-hydroxylation sites is 1. The van der Waals surface area contributed by atoms with E-state index >= 15 is 0 Å². The van der Waals surface area contributed by atoms with Crippen molar-refractivity contribution in [3.05, 3.63) is 46.4 Å². The molecule has 2 rings (SSSR count). The second-order valence-electron chi connectivity index (χ2n) is 4.89. The number of hydrogen-bond acceptors (Lipinski definition) is 4. The zero-order valence-electron chi connectivity index (χ0n) is 12.3. The van der Waals surface area contributed by atoms with Crippen LogP contribution in [0.4, 0.5) is 0 Å². The molecule has 0 fully saturated rings. The number of nitrogens with zero attached hydrogens (tertiary/aromatic N) is 1. The summed E-state index contributed by atoms with van der Waals surface area (Å²) < 4.78 is 5.64. The molecule has 0 saturated heterocycles. The molecule has 1 aromatic carbocycles. The van der Waals surface area contributed by atoms with Gasteiger partial charge in [0.2, 0.25) is 5.91 Å². The molecule has 2 aromatic rings. The molecule has 0 saturated carbocycles. The summed E-state index contributed by atoms with van der Waals surface area (Å²) in [6.45, 7) is 4.48. The van der Waals surface area contributed by atoms with Gasteiger partial charge in [-0.3, -0.25) is 4.79 Å². The number of carbonyl (C=O) groups excluding carboxylic acids is 1.